The Morgan fingerprint density at radius 2 is 0.682 bits per heavy atom. The number of nitrogens with zero attached hydrogens (tertiary/aromatic N) is 7. The molecule has 0 atom stereocenters. The van der Waals surface area contributed by atoms with Crippen molar-refractivity contribution in [1.82, 2.24) is 38.6 Å². The van der Waals surface area contributed by atoms with Gasteiger partial charge in [0.05, 0.1) is 66.3 Å². The maximum absolute atomic E-state index is 6.28. The van der Waals surface area contributed by atoms with Crippen LogP contribution in [0.25, 0.3) is 193 Å². The van der Waals surface area contributed by atoms with Crippen LogP contribution in [0, 0.1) is 0 Å². The zero-order valence-corrected chi connectivity index (χ0v) is 57.9. The Balaban J connectivity index is 0.000000113. The van der Waals surface area contributed by atoms with E-state index in [-0.39, 0.29) is 5.28 Å². The van der Waals surface area contributed by atoms with Crippen molar-refractivity contribution >= 4 is 142 Å². The molecule has 2 aliphatic rings. The third kappa shape index (κ3) is 9.59. The predicted molar refractivity (Wildman–Crippen MR) is 440 cm³/mol. The second-order valence-electron chi connectivity index (χ2n) is 27.4. The fraction of sp³-hybridized carbons (Fsp3) is 0. The molecule has 6 aromatic heterocycles. The van der Waals surface area contributed by atoms with E-state index in [1.54, 1.807) is 0 Å². The third-order valence-electron chi connectivity index (χ3n) is 21.4. The topological polar surface area (TPSA) is 101 Å². The molecule has 0 saturated carbocycles. The second kappa shape index (κ2) is 23.9. The first-order valence-corrected chi connectivity index (χ1v) is 36.2. The molecule has 2 aliphatic heterocycles. The molecule has 16 aromatic carbocycles. The van der Waals surface area contributed by atoms with E-state index in [9.17, 15) is 0 Å². The van der Waals surface area contributed by atoms with Gasteiger partial charge in [-0.1, -0.05) is 194 Å². The van der Waals surface area contributed by atoms with Crippen LogP contribution in [0.5, 0.6) is 23.0 Å². The van der Waals surface area contributed by atoms with Crippen LogP contribution >= 0.6 is 11.6 Å². The van der Waals surface area contributed by atoms with Crippen LogP contribution in [0.2, 0.25) is 5.28 Å². The molecule has 11 heteroatoms. The van der Waals surface area contributed by atoms with Gasteiger partial charge in [0.15, 0.2) is 0 Å². The van der Waals surface area contributed by atoms with Crippen molar-refractivity contribution in [2.45, 2.75) is 0 Å². The predicted octanol–water partition coefficient (Wildman–Crippen LogP) is 25.7. The van der Waals surface area contributed by atoms with Gasteiger partial charge in [-0.25, -0.2) is 19.9 Å². The quantitative estimate of drug-likeness (QED) is 0.172. The number of aromatic amines is 1. The van der Waals surface area contributed by atoms with Gasteiger partial charge in [0.1, 0.15) is 23.0 Å². The van der Waals surface area contributed by atoms with Crippen molar-refractivity contribution in [2.24, 2.45) is 0 Å². The summed E-state index contributed by atoms with van der Waals surface area (Å²) in [5.41, 5.74) is 21.8. The zero-order valence-electron chi connectivity index (χ0n) is 57.2. The summed E-state index contributed by atoms with van der Waals surface area (Å²) in [6.45, 7) is 0. The van der Waals surface area contributed by atoms with Crippen molar-refractivity contribution in [3.05, 3.63) is 345 Å². The van der Waals surface area contributed by atoms with E-state index < -0.39 is 0 Å². The Bertz CT molecular complexity index is 7480. The standard InChI is InChI=1S/C48H28N4O.C34H22N2.C14H7ClN2O/c1-2-12-32(13-3-1)51-41-25-23-31(28-37(41)45-33-14-5-4-11-29(33)21-26-42(45)51)30-22-24-40-36(27-30)34-15-6-8-18-39(34)52(40)48-49-38-17-10-20-44-46(38)47(50-48)35-16-7-9-19-43(35)53-44;1-2-9-25(10-3-1)36-32-18-16-24(21-29(32)34-26-11-5-4-8-22(26)15-19-33(34)36)23-14-17-31-28(20-23)27-12-6-7-13-30(27)35-31;15-14-16-9-5-3-7-11-12(9)13(17-14)8-4-1-2-6-10(8)18-11/h1-28H;1-21,35H;1-7H. The maximum Gasteiger partial charge on any atom is 0.235 e. The average molecular weight is 1390 g/mol. The summed E-state index contributed by atoms with van der Waals surface area (Å²) in [4.78, 5) is 22.6. The molecule has 22 aromatic rings. The van der Waals surface area contributed by atoms with Crippen LogP contribution in [0.4, 0.5) is 0 Å². The highest BCUT2D eigenvalue weighted by Gasteiger charge is 2.27. The number of halogens is 1. The van der Waals surface area contributed by atoms with E-state index in [0.717, 1.165) is 100 Å². The van der Waals surface area contributed by atoms with E-state index >= 15 is 0 Å². The van der Waals surface area contributed by atoms with E-state index in [2.05, 4.69) is 290 Å². The number of ether oxygens (including phenoxy) is 2. The van der Waals surface area contributed by atoms with Crippen molar-refractivity contribution in [2.75, 3.05) is 0 Å². The van der Waals surface area contributed by atoms with Crippen LogP contribution in [0.3, 0.4) is 0 Å². The van der Waals surface area contributed by atoms with Gasteiger partial charge in [-0.3, -0.25) is 4.57 Å². The number of aromatic nitrogens is 8. The fourth-order valence-corrected chi connectivity index (χ4v) is 16.9. The SMILES string of the molecule is Clc1nc2c3c(cccc3n1)Oc1ccccc1-2.c1ccc(-n2c3ccc(-c4ccc5[nH]c6ccccc6c5c4)cc3c3c4ccccc4ccc32)cc1.c1ccc(-n2c3ccc(-c4ccc5c(c4)c4ccccc4n5-c4nc5c6c(cccc6n4)Oc4ccccc4-5)cc3c3c4ccccc4ccc32)cc1. The van der Waals surface area contributed by atoms with Crippen molar-refractivity contribution in [1.29, 1.82) is 0 Å². The number of rotatable bonds is 5. The van der Waals surface area contributed by atoms with Gasteiger partial charge in [0, 0.05) is 76.6 Å². The van der Waals surface area contributed by atoms with E-state index in [1.807, 2.05) is 78.9 Å². The van der Waals surface area contributed by atoms with Crippen LogP contribution < -0.4 is 9.47 Å². The number of para-hydroxylation sites is 6. The molecule has 500 valence electrons. The molecule has 10 nitrogen and oxygen atoms in total. The van der Waals surface area contributed by atoms with Crippen molar-refractivity contribution in [3.8, 4) is 85.1 Å². The van der Waals surface area contributed by atoms with E-state index in [0.29, 0.717) is 5.95 Å². The molecule has 0 fully saturated rings. The highest BCUT2D eigenvalue weighted by Crippen LogP contribution is 2.49. The number of hydrogen-bond donors (Lipinski definition) is 1. The lowest BCUT2D eigenvalue weighted by atomic mass is 9.99. The minimum Gasteiger partial charge on any atom is -0.456 e. The molecule has 107 heavy (non-hydrogen) atoms. The van der Waals surface area contributed by atoms with Crippen LogP contribution in [0.15, 0.2) is 340 Å². The van der Waals surface area contributed by atoms with Crippen molar-refractivity contribution < 1.29 is 9.47 Å². The molecule has 0 saturated heterocycles. The van der Waals surface area contributed by atoms with E-state index in [1.165, 1.54) is 109 Å². The van der Waals surface area contributed by atoms with Crippen molar-refractivity contribution in [3.63, 3.8) is 0 Å². The molecule has 0 radical (unpaired) electrons. The molecule has 8 heterocycles. The van der Waals surface area contributed by atoms with E-state index in [4.69, 9.17) is 31.0 Å². The first-order chi connectivity index (χ1) is 53.0. The molecule has 0 amide bonds. The Morgan fingerprint density at radius 1 is 0.262 bits per heavy atom. The monoisotopic (exact) mass is 1390 g/mol. The minimum absolute atomic E-state index is 0.256. The van der Waals surface area contributed by atoms with Gasteiger partial charge < -0.3 is 23.6 Å². The van der Waals surface area contributed by atoms with Crippen LogP contribution in [0.1, 0.15) is 0 Å². The molecule has 0 unspecified atom stereocenters. The first-order valence-electron chi connectivity index (χ1n) is 35.9. The first kappa shape index (κ1) is 60.4. The van der Waals surface area contributed by atoms with Gasteiger partial charge >= 0.3 is 0 Å². The number of fused-ring (bicyclic) bond motifs is 20. The lowest BCUT2D eigenvalue weighted by Gasteiger charge is -2.20. The van der Waals surface area contributed by atoms with Gasteiger partial charge in [-0.05, 0) is 201 Å². The fourth-order valence-electron chi connectivity index (χ4n) is 16.7. The third-order valence-corrected chi connectivity index (χ3v) is 21.6. The lowest BCUT2D eigenvalue weighted by molar-refractivity contribution is 0.486. The summed E-state index contributed by atoms with van der Waals surface area (Å²) in [7, 11) is 0. The summed E-state index contributed by atoms with van der Waals surface area (Å²) < 4.78 is 19.1. The van der Waals surface area contributed by atoms with Gasteiger partial charge in [0.2, 0.25) is 11.2 Å². The zero-order chi connectivity index (χ0) is 70.4. The Morgan fingerprint density at radius 3 is 1.27 bits per heavy atom. The smallest absolute Gasteiger partial charge is 0.235 e. The average Bonchev–Trinajstić information content (AvgIpc) is 1.68. The van der Waals surface area contributed by atoms with Gasteiger partial charge in [-0.15, -0.1) is 0 Å². The molecule has 24 rings (SSSR count). The Labute approximate surface area is 616 Å². The summed E-state index contributed by atoms with van der Waals surface area (Å²) in [5.74, 6) is 3.81. The maximum atomic E-state index is 6.28. The molecule has 0 aliphatic carbocycles. The summed E-state index contributed by atoms with van der Waals surface area (Å²) in [6.07, 6.45) is 0. The second-order valence-corrected chi connectivity index (χ2v) is 27.7. The number of H-pyrrole nitrogens is 1. The number of benzene rings is 16. The lowest BCUT2D eigenvalue weighted by Crippen LogP contribution is -2.06. The summed E-state index contributed by atoms with van der Waals surface area (Å²) >= 11 is 5.98. The van der Waals surface area contributed by atoms with Crippen LogP contribution in [-0.2, 0) is 0 Å². The van der Waals surface area contributed by atoms with Gasteiger partial charge in [-0.2, -0.15) is 0 Å². The molecule has 0 spiro atoms. The molecule has 1 N–H and O–H groups in total. The largest absolute Gasteiger partial charge is 0.456 e. The minimum atomic E-state index is 0.256. The van der Waals surface area contributed by atoms with Gasteiger partial charge in [0.25, 0.3) is 0 Å². The Hall–Kier alpha value is -14.2. The highest BCUT2D eigenvalue weighted by molar-refractivity contribution is 6.29. The highest BCUT2D eigenvalue weighted by atomic mass is 35.5. The molecule has 0 bridgehead atoms. The van der Waals surface area contributed by atoms with Crippen LogP contribution in [-0.4, -0.2) is 38.6 Å². The molecular weight excluding hydrogens is 1330 g/mol. The Kier molecular flexibility index (Phi) is 13.5. The molecular formula is C96H57ClN8O2. The number of nitrogens with one attached hydrogen (secondary N) is 1. The summed E-state index contributed by atoms with van der Waals surface area (Å²) in [6, 6.07) is 120. The summed E-state index contributed by atoms with van der Waals surface area (Å²) in [5, 5.41) is 17.1. The normalized spacial score (nSPS) is 12.1. The number of hydrogen-bond acceptors (Lipinski definition) is 6.